The Labute approximate surface area is 168 Å². The van der Waals surface area contributed by atoms with E-state index in [1.165, 1.54) is 5.01 Å². The van der Waals surface area contributed by atoms with E-state index in [0.717, 1.165) is 17.0 Å². The number of rotatable bonds is 5. The van der Waals surface area contributed by atoms with E-state index in [4.69, 9.17) is 12.2 Å². The van der Waals surface area contributed by atoms with Gasteiger partial charge in [0.05, 0.1) is 12.3 Å². The van der Waals surface area contributed by atoms with E-state index in [1.807, 2.05) is 60.7 Å². The van der Waals surface area contributed by atoms with Gasteiger partial charge in [-0.1, -0.05) is 48.5 Å². The highest BCUT2D eigenvalue weighted by Crippen LogP contribution is 2.14. The summed E-state index contributed by atoms with van der Waals surface area (Å²) in [5.41, 5.74) is 7.82. The number of carbonyl (C=O) groups is 2. The Bertz CT molecular complexity index is 871. The van der Waals surface area contributed by atoms with Gasteiger partial charge in [-0.25, -0.2) is 5.01 Å². The number of anilines is 1. The molecule has 8 heteroatoms. The number of carbonyl (C=O) groups excluding carboxylic acids is 2. The van der Waals surface area contributed by atoms with Crippen LogP contribution in [-0.2, 0) is 9.59 Å². The number of hydrazine groups is 1. The minimum absolute atomic E-state index is 0.0481. The number of thiocarbonyl (C=S) groups is 1. The van der Waals surface area contributed by atoms with E-state index in [1.54, 1.807) is 0 Å². The van der Waals surface area contributed by atoms with Crippen LogP contribution < -0.4 is 16.2 Å². The van der Waals surface area contributed by atoms with Crippen molar-refractivity contribution in [1.82, 2.24) is 15.9 Å². The number of para-hydroxylation sites is 1. The molecule has 1 aliphatic rings. The molecule has 2 aromatic rings. The van der Waals surface area contributed by atoms with E-state index >= 15 is 0 Å². The second-order valence-electron chi connectivity index (χ2n) is 6.17. The highest BCUT2D eigenvalue weighted by Gasteiger charge is 2.21. The summed E-state index contributed by atoms with van der Waals surface area (Å²) in [5, 5.41) is 9.02. The fraction of sp³-hybridized carbons (Fsp3) is 0.200. The number of nitrogens with one attached hydrogen (secondary N) is 3. The quantitative estimate of drug-likeness (QED) is 0.535. The predicted octanol–water partition coefficient (Wildman–Crippen LogP) is 2.42. The number of hydrogen-bond acceptors (Lipinski definition) is 4. The van der Waals surface area contributed by atoms with Gasteiger partial charge in [0.25, 0.3) is 0 Å². The van der Waals surface area contributed by atoms with Crippen molar-refractivity contribution in [3.63, 3.8) is 0 Å². The fourth-order valence-electron chi connectivity index (χ4n) is 2.69. The molecule has 1 aliphatic heterocycles. The van der Waals surface area contributed by atoms with Crippen LogP contribution in [0.15, 0.2) is 65.8 Å². The largest absolute Gasteiger partial charge is 0.331 e. The molecular formula is C20H21N5O2S. The van der Waals surface area contributed by atoms with Gasteiger partial charge in [-0.05, 0) is 29.9 Å². The third-order valence-electron chi connectivity index (χ3n) is 4.11. The van der Waals surface area contributed by atoms with E-state index in [-0.39, 0.29) is 29.8 Å². The lowest BCUT2D eigenvalue weighted by atomic mass is 10.1. The van der Waals surface area contributed by atoms with Gasteiger partial charge in [-0.2, -0.15) is 5.10 Å². The average molecular weight is 395 g/mol. The lowest BCUT2D eigenvalue weighted by Crippen LogP contribution is -2.44. The summed E-state index contributed by atoms with van der Waals surface area (Å²) in [4.78, 5) is 24.2. The van der Waals surface area contributed by atoms with Crippen LogP contribution in [0.5, 0.6) is 0 Å². The summed E-state index contributed by atoms with van der Waals surface area (Å²) in [6.07, 6.45) is 0.841. The average Bonchev–Trinajstić information content (AvgIpc) is 3.22. The van der Waals surface area contributed by atoms with Crippen molar-refractivity contribution in [3.05, 3.63) is 66.2 Å². The fourth-order valence-corrected chi connectivity index (χ4v) is 2.86. The minimum atomic E-state index is -0.322. The van der Waals surface area contributed by atoms with E-state index < -0.39 is 0 Å². The Morgan fingerprint density at radius 1 is 0.964 bits per heavy atom. The Kier molecular flexibility index (Phi) is 6.69. The van der Waals surface area contributed by atoms with Crippen LogP contribution in [0.1, 0.15) is 24.8 Å². The van der Waals surface area contributed by atoms with Gasteiger partial charge in [-0.3, -0.25) is 20.4 Å². The summed E-state index contributed by atoms with van der Waals surface area (Å²) in [6.45, 7) is 0.536. The summed E-state index contributed by atoms with van der Waals surface area (Å²) in [6, 6.07) is 19.1. The molecule has 0 spiro atoms. The van der Waals surface area contributed by atoms with Crippen molar-refractivity contribution in [2.75, 3.05) is 11.9 Å². The maximum Gasteiger partial charge on any atom is 0.243 e. The maximum absolute atomic E-state index is 12.3. The van der Waals surface area contributed by atoms with Gasteiger partial charge >= 0.3 is 0 Å². The van der Waals surface area contributed by atoms with Crippen LogP contribution in [-0.4, -0.2) is 34.2 Å². The Morgan fingerprint density at radius 3 is 2.36 bits per heavy atom. The number of amides is 2. The molecule has 0 saturated heterocycles. The zero-order valence-corrected chi connectivity index (χ0v) is 16.0. The standard InChI is InChI=1S/C20H21N5O2S/c26-18(22-23-20(28)21-16-9-5-2-6-10-16)11-12-19(27)25-14-13-17(24-25)15-7-3-1-4-8-15/h1-10H,11-14H2,(H,22,26)(H2,21,23,28). The Balaban J connectivity index is 1.39. The number of benzene rings is 2. The topological polar surface area (TPSA) is 85.8 Å². The normalized spacial score (nSPS) is 12.9. The second-order valence-corrected chi connectivity index (χ2v) is 6.58. The van der Waals surface area contributed by atoms with Gasteiger partial charge in [-0.15, -0.1) is 0 Å². The molecule has 2 amide bonds. The smallest absolute Gasteiger partial charge is 0.243 e. The highest BCUT2D eigenvalue weighted by molar-refractivity contribution is 7.80. The zero-order chi connectivity index (χ0) is 19.8. The molecule has 0 radical (unpaired) electrons. The molecule has 0 fully saturated rings. The van der Waals surface area contributed by atoms with Crippen molar-refractivity contribution in [3.8, 4) is 0 Å². The van der Waals surface area contributed by atoms with Gasteiger partial charge in [0.15, 0.2) is 5.11 Å². The minimum Gasteiger partial charge on any atom is -0.331 e. The van der Waals surface area contributed by atoms with E-state index in [0.29, 0.717) is 13.0 Å². The first-order valence-electron chi connectivity index (χ1n) is 8.96. The molecule has 0 aromatic heterocycles. The SMILES string of the molecule is O=C(CCC(=O)N1CCC(c2ccccc2)=N1)NNC(=S)Nc1ccccc1. The second kappa shape index (κ2) is 9.61. The van der Waals surface area contributed by atoms with E-state index in [9.17, 15) is 9.59 Å². The molecule has 2 aromatic carbocycles. The van der Waals surface area contributed by atoms with Gasteiger partial charge in [0.2, 0.25) is 11.8 Å². The first-order chi connectivity index (χ1) is 13.6. The van der Waals surface area contributed by atoms with Crippen LogP contribution in [0, 0.1) is 0 Å². The van der Waals surface area contributed by atoms with Crippen LogP contribution in [0.4, 0.5) is 5.69 Å². The molecular weight excluding hydrogens is 374 g/mol. The predicted molar refractivity (Wildman–Crippen MR) is 112 cm³/mol. The maximum atomic E-state index is 12.3. The number of hydrogen-bond donors (Lipinski definition) is 3. The molecule has 144 valence electrons. The van der Waals surface area contributed by atoms with Crippen LogP contribution >= 0.6 is 12.2 Å². The Morgan fingerprint density at radius 2 is 1.64 bits per heavy atom. The van der Waals surface area contributed by atoms with Crippen LogP contribution in [0.25, 0.3) is 0 Å². The first kappa shape index (κ1) is 19.5. The molecule has 3 N–H and O–H groups in total. The number of nitrogens with zero attached hydrogens (tertiary/aromatic N) is 2. The molecule has 7 nitrogen and oxygen atoms in total. The van der Waals surface area contributed by atoms with Gasteiger partial charge in [0, 0.05) is 24.9 Å². The summed E-state index contributed by atoms with van der Waals surface area (Å²) >= 11 is 5.11. The van der Waals surface area contributed by atoms with Crippen molar-refractivity contribution in [2.24, 2.45) is 5.10 Å². The molecule has 0 bridgehead atoms. The Hall–Kier alpha value is -3.26. The lowest BCUT2D eigenvalue weighted by molar-refractivity contribution is -0.133. The lowest BCUT2D eigenvalue weighted by Gasteiger charge is -2.13. The molecule has 0 unspecified atom stereocenters. The van der Waals surface area contributed by atoms with Gasteiger partial charge in [0.1, 0.15) is 0 Å². The summed E-state index contributed by atoms with van der Waals surface area (Å²) in [7, 11) is 0. The van der Waals surface area contributed by atoms with Crippen LogP contribution in [0.2, 0.25) is 0 Å². The molecule has 0 saturated carbocycles. The van der Waals surface area contributed by atoms with E-state index in [2.05, 4.69) is 21.3 Å². The summed E-state index contributed by atoms with van der Waals surface area (Å²) in [5.74, 6) is -0.497. The highest BCUT2D eigenvalue weighted by atomic mass is 32.1. The molecule has 0 atom stereocenters. The first-order valence-corrected chi connectivity index (χ1v) is 9.37. The zero-order valence-electron chi connectivity index (χ0n) is 15.2. The molecule has 3 rings (SSSR count). The van der Waals surface area contributed by atoms with Crippen molar-refractivity contribution < 1.29 is 9.59 Å². The third kappa shape index (κ3) is 5.62. The van der Waals surface area contributed by atoms with Crippen LogP contribution in [0.3, 0.4) is 0 Å². The van der Waals surface area contributed by atoms with Crippen molar-refractivity contribution in [2.45, 2.75) is 19.3 Å². The molecule has 0 aliphatic carbocycles. The third-order valence-corrected chi connectivity index (χ3v) is 4.31. The molecule has 1 heterocycles. The molecule has 28 heavy (non-hydrogen) atoms. The summed E-state index contributed by atoms with van der Waals surface area (Å²) < 4.78 is 0. The van der Waals surface area contributed by atoms with Crippen molar-refractivity contribution in [1.29, 1.82) is 0 Å². The number of hydrazone groups is 1. The monoisotopic (exact) mass is 395 g/mol. The van der Waals surface area contributed by atoms with Gasteiger partial charge < -0.3 is 5.32 Å². The van der Waals surface area contributed by atoms with Crippen molar-refractivity contribution >= 4 is 40.5 Å².